The lowest BCUT2D eigenvalue weighted by molar-refractivity contribution is 0.0527. The number of rotatable bonds is 4. The molecule has 5 nitrogen and oxygen atoms in total. The first kappa shape index (κ1) is 14.6. The number of hydrogen-bond acceptors (Lipinski definition) is 5. The van der Waals surface area contributed by atoms with Crippen molar-refractivity contribution in [3.63, 3.8) is 0 Å². The molecule has 0 aliphatic heterocycles. The molecule has 1 saturated carbocycles. The van der Waals surface area contributed by atoms with Crippen LogP contribution in [-0.4, -0.2) is 30.6 Å². The second-order valence-corrected chi connectivity index (χ2v) is 5.22. The van der Waals surface area contributed by atoms with Gasteiger partial charge in [0.25, 0.3) is 0 Å². The van der Waals surface area contributed by atoms with Gasteiger partial charge in [0.15, 0.2) is 5.82 Å². The number of nitrogen functional groups attached to an aromatic ring is 1. The monoisotopic (exact) mass is 277 g/mol. The van der Waals surface area contributed by atoms with Gasteiger partial charge in [0.1, 0.15) is 0 Å². The summed E-state index contributed by atoms with van der Waals surface area (Å²) in [6.45, 7) is 2.12. The molecule has 0 atom stereocenters. The summed E-state index contributed by atoms with van der Waals surface area (Å²) in [6, 6.07) is 2.07. The van der Waals surface area contributed by atoms with Crippen LogP contribution in [-0.2, 0) is 4.74 Å². The van der Waals surface area contributed by atoms with E-state index in [0.29, 0.717) is 29.7 Å². The minimum absolute atomic E-state index is 0.342. The van der Waals surface area contributed by atoms with Crippen molar-refractivity contribution in [3.05, 3.63) is 17.8 Å². The Hall–Kier alpha value is -1.78. The van der Waals surface area contributed by atoms with Crippen molar-refractivity contribution in [2.75, 3.05) is 24.3 Å². The number of anilines is 2. The molecule has 1 aliphatic carbocycles. The standard InChI is InChI=1S/C15H23N3O2/c1-3-20-15(19)12-9-10-17-14(13(12)16)18(2)11-7-5-4-6-8-11/h9-11H,3-8,16H2,1-2H3. The Balaban J connectivity index is 2.23. The van der Waals surface area contributed by atoms with Crippen molar-refractivity contribution < 1.29 is 9.53 Å². The molecular weight excluding hydrogens is 254 g/mol. The van der Waals surface area contributed by atoms with Crippen LogP contribution in [0.4, 0.5) is 11.5 Å². The van der Waals surface area contributed by atoms with E-state index in [1.54, 1.807) is 19.2 Å². The predicted molar refractivity (Wildman–Crippen MR) is 79.9 cm³/mol. The summed E-state index contributed by atoms with van der Waals surface area (Å²) in [7, 11) is 2.00. The fourth-order valence-electron chi connectivity index (χ4n) is 2.77. The van der Waals surface area contributed by atoms with E-state index < -0.39 is 0 Å². The third kappa shape index (κ3) is 3.03. The van der Waals surface area contributed by atoms with Crippen molar-refractivity contribution in [3.8, 4) is 0 Å². The highest BCUT2D eigenvalue weighted by atomic mass is 16.5. The molecule has 0 amide bonds. The van der Waals surface area contributed by atoms with Gasteiger partial charge >= 0.3 is 5.97 Å². The first-order chi connectivity index (χ1) is 9.65. The van der Waals surface area contributed by atoms with Crippen LogP contribution in [0.15, 0.2) is 12.3 Å². The molecule has 0 saturated heterocycles. The molecule has 0 spiro atoms. The van der Waals surface area contributed by atoms with Crippen LogP contribution in [0.25, 0.3) is 0 Å². The summed E-state index contributed by atoms with van der Waals surface area (Å²) in [6.07, 6.45) is 7.72. The van der Waals surface area contributed by atoms with Crippen LogP contribution in [0.3, 0.4) is 0 Å². The van der Waals surface area contributed by atoms with E-state index in [4.69, 9.17) is 10.5 Å². The van der Waals surface area contributed by atoms with Crippen LogP contribution in [0.5, 0.6) is 0 Å². The summed E-state index contributed by atoms with van der Waals surface area (Å²) in [5.41, 5.74) is 6.94. The summed E-state index contributed by atoms with van der Waals surface area (Å²) in [5, 5.41) is 0. The Bertz CT molecular complexity index is 470. The Kier molecular flexibility index (Phi) is 4.82. The van der Waals surface area contributed by atoms with E-state index >= 15 is 0 Å². The Morgan fingerprint density at radius 1 is 1.45 bits per heavy atom. The van der Waals surface area contributed by atoms with Crippen LogP contribution in [0.2, 0.25) is 0 Å². The van der Waals surface area contributed by atoms with E-state index in [1.807, 2.05) is 7.05 Å². The zero-order valence-electron chi connectivity index (χ0n) is 12.3. The molecule has 0 aromatic carbocycles. The SMILES string of the molecule is CCOC(=O)c1ccnc(N(C)C2CCCCC2)c1N. The summed E-state index contributed by atoms with van der Waals surface area (Å²) in [4.78, 5) is 18.3. The number of aromatic nitrogens is 1. The van der Waals surface area contributed by atoms with Gasteiger partial charge in [0.05, 0.1) is 17.9 Å². The number of esters is 1. The molecule has 20 heavy (non-hydrogen) atoms. The number of pyridine rings is 1. The number of carbonyl (C=O) groups is 1. The Morgan fingerprint density at radius 2 is 2.15 bits per heavy atom. The van der Waals surface area contributed by atoms with Gasteiger partial charge in [-0.3, -0.25) is 0 Å². The zero-order valence-corrected chi connectivity index (χ0v) is 12.3. The Morgan fingerprint density at radius 3 is 2.80 bits per heavy atom. The van der Waals surface area contributed by atoms with Crippen LogP contribution >= 0.6 is 0 Å². The molecule has 110 valence electrons. The maximum atomic E-state index is 11.9. The van der Waals surface area contributed by atoms with Crippen molar-refractivity contribution in [1.29, 1.82) is 0 Å². The number of nitrogens with zero attached hydrogens (tertiary/aromatic N) is 2. The van der Waals surface area contributed by atoms with Gasteiger partial charge in [-0.05, 0) is 25.8 Å². The van der Waals surface area contributed by atoms with E-state index in [0.717, 1.165) is 12.8 Å². The van der Waals surface area contributed by atoms with Crippen molar-refractivity contribution in [2.45, 2.75) is 45.1 Å². The largest absolute Gasteiger partial charge is 0.462 e. The number of ether oxygens (including phenoxy) is 1. The third-order valence-corrected chi connectivity index (χ3v) is 3.92. The molecule has 2 N–H and O–H groups in total. The summed E-state index contributed by atoms with van der Waals surface area (Å²) >= 11 is 0. The molecular formula is C15H23N3O2. The second-order valence-electron chi connectivity index (χ2n) is 5.22. The van der Waals surface area contributed by atoms with Gasteiger partial charge in [-0.2, -0.15) is 0 Å². The molecule has 1 aromatic rings. The van der Waals surface area contributed by atoms with Gasteiger partial charge in [0.2, 0.25) is 0 Å². The highest BCUT2D eigenvalue weighted by Gasteiger charge is 2.23. The van der Waals surface area contributed by atoms with Gasteiger partial charge in [-0.15, -0.1) is 0 Å². The average molecular weight is 277 g/mol. The lowest BCUT2D eigenvalue weighted by atomic mass is 9.94. The highest BCUT2D eigenvalue weighted by Crippen LogP contribution is 2.30. The quantitative estimate of drug-likeness (QED) is 0.857. The fraction of sp³-hybridized carbons (Fsp3) is 0.600. The molecule has 0 bridgehead atoms. The topological polar surface area (TPSA) is 68.5 Å². The minimum atomic E-state index is -0.384. The zero-order chi connectivity index (χ0) is 14.5. The lowest BCUT2D eigenvalue weighted by Gasteiger charge is -2.32. The molecule has 1 heterocycles. The van der Waals surface area contributed by atoms with Gasteiger partial charge in [-0.1, -0.05) is 19.3 Å². The molecule has 1 aromatic heterocycles. The Labute approximate surface area is 120 Å². The number of hydrogen-bond donors (Lipinski definition) is 1. The maximum absolute atomic E-state index is 11.9. The first-order valence-corrected chi connectivity index (χ1v) is 7.29. The lowest BCUT2D eigenvalue weighted by Crippen LogP contribution is -2.34. The van der Waals surface area contributed by atoms with E-state index in [-0.39, 0.29) is 5.97 Å². The third-order valence-electron chi connectivity index (χ3n) is 3.92. The fourth-order valence-corrected chi connectivity index (χ4v) is 2.77. The number of carbonyl (C=O) groups excluding carboxylic acids is 1. The van der Waals surface area contributed by atoms with Crippen molar-refractivity contribution >= 4 is 17.5 Å². The van der Waals surface area contributed by atoms with Gasteiger partial charge in [-0.25, -0.2) is 9.78 Å². The first-order valence-electron chi connectivity index (χ1n) is 7.29. The van der Waals surface area contributed by atoms with Crippen molar-refractivity contribution in [2.24, 2.45) is 0 Å². The maximum Gasteiger partial charge on any atom is 0.340 e. The van der Waals surface area contributed by atoms with E-state index in [9.17, 15) is 4.79 Å². The average Bonchev–Trinajstić information content (AvgIpc) is 2.48. The van der Waals surface area contributed by atoms with Crippen LogP contribution < -0.4 is 10.6 Å². The second kappa shape index (κ2) is 6.59. The molecule has 0 unspecified atom stereocenters. The molecule has 1 fully saturated rings. The van der Waals surface area contributed by atoms with E-state index in [2.05, 4.69) is 9.88 Å². The number of nitrogens with two attached hydrogens (primary N) is 1. The van der Waals surface area contributed by atoms with E-state index in [1.165, 1.54) is 19.3 Å². The highest BCUT2D eigenvalue weighted by molar-refractivity contribution is 5.97. The van der Waals surface area contributed by atoms with Crippen LogP contribution in [0.1, 0.15) is 49.4 Å². The molecule has 5 heteroatoms. The van der Waals surface area contributed by atoms with Gasteiger partial charge < -0.3 is 15.4 Å². The predicted octanol–water partition coefficient (Wildman–Crippen LogP) is 2.61. The minimum Gasteiger partial charge on any atom is -0.462 e. The molecule has 0 radical (unpaired) electrons. The molecule has 2 rings (SSSR count). The summed E-state index contributed by atoms with van der Waals surface area (Å²) in [5.74, 6) is 0.299. The van der Waals surface area contributed by atoms with Crippen molar-refractivity contribution in [1.82, 2.24) is 4.98 Å². The smallest absolute Gasteiger partial charge is 0.340 e. The summed E-state index contributed by atoms with van der Waals surface area (Å²) < 4.78 is 5.02. The normalized spacial score (nSPS) is 15.9. The van der Waals surface area contributed by atoms with Crippen LogP contribution in [0, 0.1) is 0 Å². The van der Waals surface area contributed by atoms with Gasteiger partial charge in [0, 0.05) is 19.3 Å². The molecule has 1 aliphatic rings.